The van der Waals surface area contributed by atoms with Gasteiger partial charge in [0.2, 0.25) is 0 Å². The number of hydrogen-bond acceptors (Lipinski definition) is 3. The predicted octanol–water partition coefficient (Wildman–Crippen LogP) is 1.86. The average molecular weight is 217 g/mol. The smallest absolute Gasteiger partial charge is 0.0565 e. The Labute approximate surface area is 91.6 Å². The van der Waals surface area contributed by atoms with Crippen LogP contribution < -0.4 is 5.73 Å². The van der Waals surface area contributed by atoms with Crippen LogP contribution in [0.2, 0.25) is 0 Å². The van der Waals surface area contributed by atoms with E-state index in [9.17, 15) is 5.11 Å². The number of hydrogen-bond donors (Lipinski definition) is 2. The molecular weight excluding hydrogens is 194 g/mol. The van der Waals surface area contributed by atoms with Crippen molar-refractivity contribution >= 4 is 11.8 Å². The Morgan fingerprint density at radius 3 is 2.50 bits per heavy atom. The van der Waals surface area contributed by atoms with E-state index < -0.39 is 0 Å². The van der Waals surface area contributed by atoms with E-state index in [-0.39, 0.29) is 17.9 Å². The molecule has 0 amide bonds. The fraction of sp³-hybridized carbons (Fsp3) is 1.00. The van der Waals surface area contributed by atoms with Gasteiger partial charge in [0.1, 0.15) is 0 Å². The number of aliphatic hydroxyl groups excluding tert-OH is 1. The van der Waals surface area contributed by atoms with Crippen LogP contribution in [0.1, 0.15) is 33.1 Å². The van der Waals surface area contributed by atoms with Gasteiger partial charge < -0.3 is 10.8 Å². The molecule has 0 aromatic rings. The fourth-order valence-electron chi connectivity index (χ4n) is 1.53. The van der Waals surface area contributed by atoms with Gasteiger partial charge in [-0.1, -0.05) is 13.8 Å². The Balaban J connectivity index is 2.16. The molecule has 2 unspecified atom stereocenters. The molecule has 1 aliphatic rings. The Morgan fingerprint density at radius 2 is 2.07 bits per heavy atom. The molecule has 14 heavy (non-hydrogen) atoms. The highest BCUT2D eigenvalue weighted by molar-refractivity contribution is 7.99. The van der Waals surface area contributed by atoms with Crippen LogP contribution in [0.4, 0.5) is 0 Å². The first-order chi connectivity index (χ1) is 6.65. The average Bonchev–Trinajstić information content (AvgIpc) is 2.94. The summed E-state index contributed by atoms with van der Waals surface area (Å²) in [5, 5.41) is 9.50. The fourth-order valence-corrected chi connectivity index (χ4v) is 2.99. The van der Waals surface area contributed by atoms with Crippen LogP contribution in [0.3, 0.4) is 0 Å². The van der Waals surface area contributed by atoms with Gasteiger partial charge >= 0.3 is 0 Å². The van der Waals surface area contributed by atoms with Crippen LogP contribution >= 0.6 is 11.8 Å². The summed E-state index contributed by atoms with van der Waals surface area (Å²) in [6.45, 7) is 4.70. The molecule has 0 aromatic carbocycles. The van der Waals surface area contributed by atoms with E-state index in [4.69, 9.17) is 5.73 Å². The molecule has 3 N–H and O–H groups in total. The lowest BCUT2D eigenvalue weighted by atomic mass is 10.1. The zero-order chi connectivity index (χ0) is 10.6. The monoisotopic (exact) mass is 217 g/mol. The predicted molar refractivity (Wildman–Crippen MR) is 63.5 cm³/mol. The summed E-state index contributed by atoms with van der Waals surface area (Å²) in [7, 11) is 0. The molecule has 0 bridgehead atoms. The Morgan fingerprint density at radius 1 is 1.43 bits per heavy atom. The van der Waals surface area contributed by atoms with Crippen molar-refractivity contribution in [3.63, 3.8) is 0 Å². The molecule has 2 nitrogen and oxygen atoms in total. The molecule has 1 aliphatic carbocycles. The summed E-state index contributed by atoms with van der Waals surface area (Å²) in [6, 6.07) is 0.220. The Kier molecular flexibility index (Phi) is 5.28. The second kappa shape index (κ2) is 5.99. The molecule has 0 radical (unpaired) electrons. The van der Waals surface area contributed by atoms with Crippen molar-refractivity contribution < 1.29 is 5.11 Å². The first-order valence-corrected chi connectivity index (χ1v) is 6.68. The second-order valence-electron chi connectivity index (χ2n) is 4.69. The van der Waals surface area contributed by atoms with Gasteiger partial charge in [0.25, 0.3) is 0 Å². The van der Waals surface area contributed by atoms with E-state index in [1.165, 1.54) is 19.3 Å². The van der Waals surface area contributed by atoms with Gasteiger partial charge in [-0.2, -0.15) is 11.8 Å². The number of aliphatic hydroxyl groups is 1. The zero-order valence-corrected chi connectivity index (χ0v) is 10.1. The van der Waals surface area contributed by atoms with Crippen molar-refractivity contribution in [3.05, 3.63) is 0 Å². The van der Waals surface area contributed by atoms with E-state index >= 15 is 0 Å². The van der Waals surface area contributed by atoms with Crippen molar-refractivity contribution in [2.75, 3.05) is 12.4 Å². The van der Waals surface area contributed by atoms with Crippen molar-refractivity contribution in [3.8, 4) is 0 Å². The highest BCUT2D eigenvalue weighted by Gasteiger charge is 2.33. The van der Waals surface area contributed by atoms with Crippen molar-refractivity contribution in [2.24, 2.45) is 17.6 Å². The van der Waals surface area contributed by atoms with Crippen molar-refractivity contribution in [2.45, 2.75) is 44.4 Å². The molecule has 0 spiro atoms. The first kappa shape index (κ1) is 12.3. The lowest BCUT2D eigenvalue weighted by molar-refractivity contribution is 0.277. The van der Waals surface area contributed by atoms with Crippen LogP contribution in [0.15, 0.2) is 0 Å². The molecule has 0 saturated heterocycles. The highest BCUT2D eigenvalue weighted by Crippen LogP contribution is 2.35. The minimum Gasteiger partial charge on any atom is -0.395 e. The Hall–Kier alpha value is 0.270. The summed E-state index contributed by atoms with van der Waals surface area (Å²) in [5.41, 5.74) is 6.07. The molecule has 1 saturated carbocycles. The van der Waals surface area contributed by atoms with E-state index in [1.54, 1.807) is 0 Å². The summed E-state index contributed by atoms with van der Waals surface area (Å²) in [4.78, 5) is 0. The molecule has 3 heteroatoms. The van der Waals surface area contributed by atoms with E-state index in [1.807, 2.05) is 11.8 Å². The number of thioether (sulfide) groups is 1. The second-order valence-corrected chi connectivity index (χ2v) is 6.04. The molecule has 0 heterocycles. The third-order valence-corrected chi connectivity index (χ3v) is 4.17. The summed E-state index contributed by atoms with van der Waals surface area (Å²) < 4.78 is 0. The SMILES string of the molecule is CC(C)CCSC(CO)C(N)C1CC1. The number of rotatable bonds is 7. The lowest BCUT2D eigenvalue weighted by Crippen LogP contribution is -2.37. The van der Waals surface area contributed by atoms with Gasteiger partial charge in [-0.25, -0.2) is 0 Å². The summed E-state index contributed by atoms with van der Waals surface area (Å²) in [5.74, 6) is 2.57. The molecule has 2 atom stereocenters. The maximum atomic E-state index is 9.24. The highest BCUT2D eigenvalue weighted by atomic mass is 32.2. The molecule has 1 fully saturated rings. The zero-order valence-electron chi connectivity index (χ0n) is 9.28. The normalized spacial score (nSPS) is 21.2. The maximum absolute atomic E-state index is 9.24. The summed E-state index contributed by atoms with van der Waals surface area (Å²) in [6.07, 6.45) is 3.75. The summed E-state index contributed by atoms with van der Waals surface area (Å²) >= 11 is 1.85. The van der Waals surface area contributed by atoms with Gasteiger partial charge in [0, 0.05) is 11.3 Å². The standard InChI is InChI=1S/C11H23NOS/c1-8(2)5-6-14-10(7-13)11(12)9-3-4-9/h8-11,13H,3-7,12H2,1-2H3. The van der Waals surface area contributed by atoms with Gasteiger partial charge in [-0.3, -0.25) is 0 Å². The third kappa shape index (κ3) is 4.20. The Bertz CT molecular complexity index is 159. The molecule has 0 aliphatic heterocycles. The molecule has 84 valence electrons. The largest absolute Gasteiger partial charge is 0.395 e. The third-order valence-electron chi connectivity index (χ3n) is 2.80. The van der Waals surface area contributed by atoms with Crippen LogP contribution in [0, 0.1) is 11.8 Å². The minimum atomic E-state index is 0.220. The van der Waals surface area contributed by atoms with E-state index in [2.05, 4.69) is 13.8 Å². The van der Waals surface area contributed by atoms with Crippen LogP contribution in [-0.4, -0.2) is 28.8 Å². The van der Waals surface area contributed by atoms with Gasteiger partial charge in [-0.15, -0.1) is 0 Å². The minimum absolute atomic E-state index is 0.220. The van der Waals surface area contributed by atoms with Gasteiger partial charge in [-0.05, 0) is 36.9 Å². The first-order valence-electron chi connectivity index (χ1n) is 5.63. The van der Waals surface area contributed by atoms with Gasteiger partial charge in [0.15, 0.2) is 0 Å². The number of nitrogens with two attached hydrogens (primary N) is 1. The van der Waals surface area contributed by atoms with E-state index in [0.717, 1.165) is 11.7 Å². The molecular formula is C11H23NOS. The van der Waals surface area contributed by atoms with Crippen LogP contribution in [0.5, 0.6) is 0 Å². The lowest BCUT2D eigenvalue weighted by Gasteiger charge is -2.21. The quantitative estimate of drug-likeness (QED) is 0.684. The van der Waals surface area contributed by atoms with Crippen LogP contribution in [-0.2, 0) is 0 Å². The van der Waals surface area contributed by atoms with Crippen molar-refractivity contribution in [1.82, 2.24) is 0 Å². The van der Waals surface area contributed by atoms with Crippen LogP contribution in [0.25, 0.3) is 0 Å². The molecule has 1 rings (SSSR count). The van der Waals surface area contributed by atoms with Crippen molar-refractivity contribution in [1.29, 1.82) is 0 Å². The maximum Gasteiger partial charge on any atom is 0.0565 e. The molecule has 0 aromatic heterocycles. The topological polar surface area (TPSA) is 46.2 Å². The van der Waals surface area contributed by atoms with E-state index in [0.29, 0.717) is 5.92 Å². The van der Waals surface area contributed by atoms with Gasteiger partial charge in [0.05, 0.1) is 6.61 Å².